The van der Waals surface area contributed by atoms with Crippen molar-refractivity contribution in [3.05, 3.63) is 142 Å². The quantitative estimate of drug-likeness (QED) is 0.258. The van der Waals surface area contributed by atoms with Crippen molar-refractivity contribution < 1.29 is 9.53 Å². The molecule has 0 fully saturated rings. The van der Waals surface area contributed by atoms with Crippen LogP contribution in [0.5, 0.6) is 5.75 Å². The fourth-order valence-corrected chi connectivity index (χ4v) is 4.92. The van der Waals surface area contributed by atoms with Crippen LogP contribution in [0.25, 0.3) is 11.3 Å². The van der Waals surface area contributed by atoms with Crippen LogP contribution in [-0.2, 0) is 13.2 Å². The maximum atomic E-state index is 13.6. The van der Waals surface area contributed by atoms with Gasteiger partial charge < -0.3 is 9.64 Å². The van der Waals surface area contributed by atoms with E-state index in [0.29, 0.717) is 23.9 Å². The zero-order valence-electron chi connectivity index (χ0n) is 20.0. The molecule has 0 spiro atoms. The zero-order valence-corrected chi connectivity index (χ0v) is 20.7. The van der Waals surface area contributed by atoms with E-state index in [1.807, 2.05) is 114 Å². The molecular weight excluding hydrogens is 482 g/mol. The molecule has 0 saturated heterocycles. The summed E-state index contributed by atoms with van der Waals surface area (Å²) in [6, 6.07) is 35.3. The Morgan fingerprint density at radius 2 is 1.49 bits per heavy atom. The molecule has 1 atom stereocenters. The number of halogens is 1. The lowest BCUT2D eigenvalue weighted by Crippen LogP contribution is -2.29. The number of aromatic amines is 1. The van der Waals surface area contributed by atoms with E-state index in [4.69, 9.17) is 16.3 Å². The number of H-pyrrole nitrogens is 1. The molecule has 5 nitrogen and oxygen atoms in total. The predicted molar refractivity (Wildman–Crippen MR) is 144 cm³/mol. The molecule has 1 aromatic heterocycles. The van der Waals surface area contributed by atoms with E-state index in [9.17, 15) is 4.79 Å². The molecule has 2 heterocycles. The number of aromatic nitrogens is 2. The number of fused-ring (bicyclic) bond motifs is 1. The molecule has 5 aromatic rings. The highest BCUT2D eigenvalue weighted by atomic mass is 35.5. The molecule has 0 aliphatic carbocycles. The van der Waals surface area contributed by atoms with E-state index < -0.39 is 0 Å². The smallest absolute Gasteiger partial charge is 0.273 e. The molecule has 0 saturated carbocycles. The Labute approximate surface area is 220 Å². The first kappa shape index (κ1) is 23.1. The fourth-order valence-electron chi connectivity index (χ4n) is 4.80. The number of amides is 1. The topological polar surface area (TPSA) is 58.2 Å². The number of rotatable bonds is 7. The SMILES string of the molecule is O=C1c2[nH]nc(-c3ccccc3)c2C(c2ccc(OCc3ccc(Cl)cc3)cc2)N1Cc1ccccc1. The molecular formula is C31H24ClN3O2. The lowest BCUT2D eigenvalue weighted by atomic mass is 9.96. The van der Waals surface area contributed by atoms with Gasteiger partial charge in [0.25, 0.3) is 5.91 Å². The summed E-state index contributed by atoms with van der Waals surface area (Å²) in [5.41, 5.74) is 6.34. The van der Waals surface area contributed by atoms with Crippen LogP contribution in [0.4, 0.5) is 0 Å². The second-order valence-corrected chi connectivity index (χ2v) is 9.47. The van der Waals surface area contributed by atoms with Crippen LogP contribution < -0.4 is 4.74 Å². The van der Waals surface area contributed by atoms with Crippen molar-refractivity contribution in [3.8, 4) is 17.0 Å². The van der Waals surface area contributed by atoms with Gasteiger partial charge in [0.2, 0.25) is 0 Å². The van der Waals surface area contributed by atoms with Gasteiger partial charge in [-0.3, -0.25) is 9.89 Å². The van der Waals surface area contributed by atoms with E-state index in [0.717, 1.165) is 39.3 Å². The summed E-state index contributed by atoms with van der Waals surface area (Å²) in [5.74, 6) is 0.704. The molecule has 0 bridgehead atoms. The number of carbonyl (C=O) groups is 1. The van der Waals surface area contributed by atoms with Crippen LogP contribution in [0.1, 0.15) is 38.8 Å². The largest absolute Gasteiger partial charge is 0.489 e. The van der Waals surface area contributed by atoms with E-state index in [2.05, 4.69) is 10.2 Å². The van der Waals surface area contributed by atoms with Crippen LogP contribution in [-0.4, -0.2) is 21.0 Å². The molecule has 37 heavy (non-hydrogen) atoms. The summed E-state index contributed by atoms with van der Waals surface area (Å²) >= 11 is 5.98. The number of benzene rings is 4. The summed E-state index contributed by atoms with van der Waals surface area (Å²) in [6.45, 7) is 0.943. The average Bonchev–Trinajstić information content (AvgIpc) is 3.49. The highest BCUT2D eigenvalue weighted by Crippen LogP contribution is 2.43. The molecule has 1 aliphatic heterocycles. The third-order valence-electron chi connectivity index (χ3n) is 6.62. The number of nitrogens with zero attached hydrogens (tertiary/aromatic N) is 2. The van der Waals surface area contributed by atoms with Crippen LogP contribution in [0.2, 0.25) is 5.02 Å². The second kappa shape index (κ2) is 9.96. The first-order valence-electron chi connectivity index (χ1n) is 12.1. The van der Waals surface area contributed by atoms with Gasteiger partial charge in [-0.2, -0.15) is 5.10 Å². The lowest BCUT2D eigenvalue weighted by Gasteiger charge is -2.26. The number of carbonyl (C=O) groups excluding carboxylic acids is 1. The monoisotopic (exact) mass is 505 g/mol. The van der Waals surface area contributed by atoms with Gasteiger partial charge in [-0.05, 0) is 41.0 Å². The number of hydrogen-bond donors (Lipinski definition) is 1. The van der Waals surface area contributed by atoms with E-state index in [1.165, 1.54) is 0 Å². The van der Waals surface area contributed by atoms with E-state index in [-0.39, 0.29) is 11.9 Å². The molecule has 6 rings (SSSR count). The third kappa shape index (κ3) is 4.61. The van der Waals surface area contributed by atoms with Crippen molar-refractivity contribution in [1.29, 1.82) is 0 Å². The maximum Gasteiger partial charge on any atom is 0.273 e. The molecule has 1 unspecified atom stereocenters. The molecule has 4 aromatic carbocycles. The molecule has 6 heteroatoms. The third-order valence-corrected chi connectivity index (χ3v) is 6.87. The summed E-state index contributed by atoms with van der Waals surface area (Å²) in [6.07, 6.45) is 0. The van der Waals surface area contributed by atoms with E-state index >= 15 is 0 Å². The standard InChI is InChI=1S/C31H24ClN3O2/c32-25-15-11-22(12-16-25)20-37-26-17-13-24(14-18-26)30-27-28(23-9-5-2-6-10-23)33-34-29(27)31(36)35(30)19-21-7-3-1-4-8-21/h1-18,30H,19-20H2,(H,33,34). The van der Waals surface area contributed by atoms with Crippen molar-refractivity contribution in [2.75, 3.05) is 0 Å². The van der Waals surface area contributed by atoms with Crippen molar-refractivity contribution in [2.45, 2.75) is 19.2 Å². The Kier molecular flexibility index (Phi) is 6.21. The lowest BCUT2D eigenvalue weighted by molar-refractivity contribution is 0.0730. The van der Waals surface area contributed by atoms with Crippen LogP contribution in [0.3, 0.4) is 0 Å². The Morgan fingerprint density at radius 3 is 2.19 bits per heavy atom. The zero-order chi connectivity index (χ0) is 25.2. The van der Waals surface area contributed by atoms with Crippen molar-refractivity contribution >= 4 is 17.5 Å². The van der Waals surface area contributed by atoms with Crippen LogP contribution in [0.15, 0.2) is 109 Å². The first-order chi connectivity index (χ1) is 18.2. The number of ether oxygens (including phenoxy) is 1. The van der Waals surface area contributed by atoms with Gasteiger partial charge in [0.05, 0.1) is 11.7 Å². The fraction of sp³-hybridized carbons (Fsp3) is 0.0968. The summed E-state index contributed by atoms with van der Waals surface area (Å²) in [7, 11) is 0. The number of hydrogen-bond acceptors (Lipinski definition) is 3. The van der Waals surface area contributed by atoms with E-state index in [1.54, 1.807) is 0 Å². The highest BCUT2D eigenvalue weighted by Gasteiger charge is 2.42. The normalized spacial score (nSPS) is 14.6. The first-order valence-corrected chi connectivity index (χ1v) is 12.5. The Balaban J connectivity index is 1.33. The summed E-state index contributed by atoms with van der Waals surface area (Å²) in [5, 5.41) is 8.29. The maximum absolute atomic E-state index is 13.6. The highest BCUT2D eigenvalue weighted by molar-refractivity contribution is 6.30. The van der Waals surface area contributed by atoms with Gasteiger partial charge in [0.15, 0.2) is 0 Å². The molecule has 182 valence electrons. The van der Waals surface area contributed by atoms with Crippen molar-refractivity contribution in [2.24, 2.45) is 0 Å². The molecule has 1 N–H and O–H groups in total. The Hall–Kier alpha value is -4.35. The average molecular weight is 506 g/mol. The minimum atomic E-state index is -0.276. The van der Waals surface area contributed by atoms with Gasteiger partial charge in [0.1, 0.15) is 18.1 Å². The Bertz CT molecular complexity index is 1520. The minimum Gasteiger partial charge on any atom is -0.489 e. The number of nitrogens with one attached hydrogen (secondary N) is 1. The van der Waals surface area contributed by atoms with Crippen molar-refractivity contribution in [1.82, 2.24) is 15.1 Å². The predicted octanol–water partition coefficient (Wildman–Crippen LogP) is 7.05. The van der Waals surface area contributed by atoms with Gasteiger partial charge in [0, 0.05) is 22.7 Å². The Morgan fingerprint density at radius 1 is 0.811 bits per heavy atom. The van der Waals surface area contributed by atoms with Gasteiger partial charge in [-0.1, -0.05) is 96.5 Å². The summed E-state index contributed by atoms with van der Waals surface area (Å²) < 4.78 is 6.00. The van der Waals surface area contributed by atoms with Crippen LogP contribution >= 0.6 is 11.6 Å². The van der Waals surface area contributed by atoms with Crippen molar-refractivity contribution in [3.63, 3.8) is 0 Å². The van der Waals surface area contributed by atoms with Gasteiger partial charge in [-0.25, -0.2) is 0 Å². The molecule has 1 amide bonds. The van der Waals surface area contributed by atoms with Gasteiger partial charge in [-0.15, -0.1) is 0 Å². The summed E-state index contributed by atoms with van der Waals surface area (Å²) in [4.78, 5) is 15.5. The van der Waals surface area contributed by atoms with Crippen LogP contribution in [0, 0.1) is 0 Å². The molecule has 1 aliphatic rings. The minimum absolute atomic E-state index is 0.0541. The van der Waals surface area contributed by atoms with Gasteiger partial charge >= 0.3 is 0 Å². The molecule has 0 radical (unpaired) electrons. The second-order valence-electron chi connectivity index (χ2n) is 9.03.